The molecule has 0 spiro atoms. The van der Waals surface area contributed by atoms with Gasteiger partial charge in [0, 0.05) is 7.05 Å². The van der Waals surface area contributed by atoms with Crippen LogP contribution in [0, 0.1) is 3.57 Å². The van der Waals surface area contributed by atoms with E-state index >= 15 is 0 Å². The van der Waals surface area contributed by atoms with Gasteiger partial charge in [-0.1, -0.05) is 0 Å². The minimum Gasteiger partial charge on any atom is -0.494 e. The minimum absolute atomic E-state index is 0.0296. The lowest BCUT2D eigenvalue weighted by molar-refractivity contribution is 0.340. The van der Waals surface area contributed by atoms with Crippen molar-refractivity contribution in [2.45, 2.75) is 6.92 Å². The zero-order valence-electron chi connectivity index (χ0n) is 10.3. The molecular weight excluding hydrogens is 341 g/mol. The molecule has 3 nitrogen and oxygen atoms in total. The van der Waals surface area contributed by atoms with E-state index in [4.69, 9.17) is 4.74 Å². The second-order valence-electron chi connectivity index (χ2n) is 3.89. The van der Waals surface area contributed by atoms with E-state index in [-0.39, 0.29) is 5.56 Å². The summed E-state index contributed by atoms with van der Waals surface area (Å²) in [6.45, 7) is 2.61. The molecular formula is C14H14INO2. The highest BCUT2D eigenvalue weighted by molar-refractivity contribution is 14.1. The topological polar surface area (TPSA) is 31.2 Å². The van der Waals surface area contributed by atoms with E-state index in [2.05, 4.69) is 0 Å². The largest absolute Gasteiger partial charge is 0.494 e. The summed E-state index contributed by atoms with van der Waals surface area (Å²) < 4.78 is 7.79. The average molecular weight is 355 g/mol. The van der Waals surface area contributed by atoms with Crippen molar-refractivity contribution in [3.8, 4) is 17.0 Å². The second-order valence-corrected chi connectivity index (χ2v) is 5.05. The summed E-state index contributed by atoms with van der Waals surface area (Å²) in [5.74, 6) is 0.844. The first-order valence-electron chi connectivity index (χ1n) is 5.72. The van der Waals surface area contributed by atoms with Crippen LogP contribution in [0.1, 0.15) is 6.92 Å². The van der Waals surface area contributed by atoms with Crippen molar-refractivity contribution in [1.29, 1.82) is 0 Å². The van der Waals surface area contributed by atoms with Crippen LogP contribution in [0.5, 0.6) is 5.75 Å². The Balaban J connectivity index is 2.43. The van der Waals surface area contributed by atoms with Gasteiger partial charge < -0.3 is 9.30 Å². The fraction of sp³-hybridized carbons (Fsp3) is 0.214. The molecule has 1 aromatic carbocycles. The first-order chi connectivity index (χ1) is 8.63. The molecule has 2 rings (SSSR count). The molecule has 1 aromatic heterocycles. The SMILES string of the molecule is CCOc1ccc(-c2ccc(I)c(=O)n2C)cc1. The van der Waals surface area contributed by atoms with E-state index in [9.17, 15) is 4.79 Å². The van der Waals surface area contributed by atoms with Crippen LogP contribution in [0.4, 0.5) is 0 Å². The number of benzene rings is 1. The summed E-state index contributed by atoms with van der Waals surface area (Å²) in [5.41, 5.74) is 1.94. The van der Waals surface area contributed by atoms with Crippen molar-refractivity contribution in [3.63, 3.8) is 0 Å². The molecule has 0 radical (unpaired) electrons. The van der Waals surface area contributed by atoms with Gasteiger partial charge in [0.1, 0.15) is 5.75 Å². The third-order valence-corrected chi connectivity index (χ3v) is 3.54. The number of halogens is 1. The first kappa shape index (κ1) is 13.1. The predicted octanol–water partition coefficient (Wildman–Crippen LogP) is 3.06. The van der Waals surface area contributed by atoms with Gasteiger partial charge in [0.25, 0.3) is 5.56 Å². The predicted molar refractivity (Wildman–Crippen MR) is 81.0 cm³/mol. The highest BCUT2D eigenvalue weighted by Gasteiger charge is 2.05. The highest BCUT2D eigenvalue weighted by Crippen LogP contribution is 2.21. The van der Waals surface area contributed by atoms with Crippen LogP contribution < -0.4 is 10.3 Å². The Hall–Kier alpha value is -1.30. The molecule has 0 saturated carbocycles. The minimum atomic E-state index is 0.0296. The summed E-state index contributed by atoms with van der Waals surface area (Å²) in [4.78, 5) is 11.9. The van der Waals surface area contributed by atoms with Crippen LogP contribution in [-0.4, -0.2) is 11.2 Å². The highest BCUT2D eigenvalue weighted by atomic mass is 127. The van der Waals surface area contributed by atoms with E-state index < -0.39 is 0 Å². The zero-order valence-corrected chi connectivity index (χ0v) is 12.5. The van der Waals surface area contributed by atoms with Crippen LogP contribution in [0.15, 0.2) is 41.2 Å². The maximum absolute atomic E-state index is 11.9. The standard InChI is InChI=1S/C14H14INO2/c1-3-18-11-6-4-10(5-7-11)13-9-8-12(15)14(17)16(13)2/h4-9H,3H2,1-2H3. The number of rotatable bonds is 3. The monoisotopic (exact) mass is 355 g/mol. The normalized spacial score (nSPS) is 10.4. The molecule has 0 bridgehead atoms. The van der Waals surface area contributed by atoms with Gasteiger partial charge in [0.05, 0.1) is 15.9 Å². The first-order valence-corrected chi connectivity index (χ1v) is 6.80. The Morgan fingerprint density at radius 1 is 1.17 bits per heavy atom. The lowest BCUT2D eigenvalue weighted by Crippen LogP contribution is -2.20. The third kappa shape index (κ3) is 2.58. The molecule has 0 aliphatic heterocycles. The summed E-state index contributed by atoms with van der Waals surface area (Å²) in [7, 11) is 1.79. The molecule has 0 aliphatic carbocycles. The van der Waals surface area contributed by atoms with Crippen molar-refractivity contribution in [2.75, 3.05) is 6.61 Å². The summed E-state index contributed by atoms with van der Waals surface area (Å²) in [5, 5.41) is 0. The number of ether oxygens (including phenoxy) is 1. The van der Waals surface area contributed by atoms with Crippen molar-refractivity contribution in [2.24, 2.45) is 7.05 Å². The fourth-order valence-corrected chi connectivity index (χ4v) is 2.32. The molecule has 18 heavy (non-hydrogen) atoms. The Labute approximate surface area is 120 Å². The molecule has 1 heterocycles. The Morgan fingerprint density at radius 2 is 1.83 bits per heavy atom. The van der Waals surface area contributed by atoms with E-state index in [0.29, 0.717) is 6.61 Å². The number of hydrogen-bond acceptors (Lipinski definition) is 2. The van der Waals surface area contributed by atoms with Crippen LogP contribution >= 0.6 is 22.6 Å². The van der Waals surface area contributed by atoms with E-state index in [1.807, 2.05) is 65.9 Å². The van der Waals surface area contributed by atoms with Crippen LogP contribution in [0.3, 0.4) is 0 Å². The number of pyridine rings is 1. The van der Waals surface area contributed by atoms with Crippen LogP contribution in [-0.2, 0) is 7.05 Å². The van der Waals surface area contributed by atoms with Gasteiger partial charge in [-0.05, 0) is 71.5 Å². The fourth-order valence-electron chi connectivity index (χ4n) is 1.78. The maximum Gasteiger partial charge on any atom is 0.264 e. The van der Waals surface area contributed by atoms with Gasteiger partial charge in [0.2, 0.25) is 0 Å². The van der Waals surface area contributed by atoms with Gasteiger partial charge in [-0.3, -0.25) is 4.79 Å². The summed E-state index contributed by atoms with van der Waals surface area (Å²) in [6.07, 6.45) is 0. The van der Waals surface area contributed by atoms with E-state index in [0.717, 1.165) is 20.6 Å². The third-order valence-electron chi connectivity index (χ3n) is 2.72. The Bertz CT molecular complexity index is 602. The number of nitrogens with zero attached hydrogens (tertiary/aromatic N) is 1. The van der Waals surface area contributed by atoms with Gasteiger partial charge in [-0.2, -0.15) is 0 Å². The summed E-state index contributed by atoms with van der Waals surface area (Å²) >= 11 is 2.05. The molecule has 0 aliphatic rings. The molecule has 0 atom stereocenters. The maximum atomic E-state index is 11.9. The summed E-state index contributed by atoms with van der Waals surface area (Å²) in [6, 6.07) is 11.6. The lowest BCUT2D eigenvalue weighted by Gasteiger charge is -2.09. The van der Waals surface area contributed by atoms with Crippen LogP contribution in [0.25, 0.3) is 11.3 Å². The number of aromatic nitrogens is 1. The Morgan fingerprint density at radius 3 is 2.44 bits per heavy atom. The Kier molecular flexibility index (Phi) is 4.06. The molecule has 4 heteroatoms. The lowest BCUT2D eigenvalue weighted by atomic mass is 10.1. The van der Waals surface area contributed by atoms with Gasteiger partial charge >= 0.3 is 0 Å². The number of hydrogen-bond donors (Lipinski definition) is 0. The van der Waals surface area contributed by atoms with Gasteiger partial charge in [-0.15, -0.1) is 0 Å². The molecule has 0 unspecified atom stereocenters. The smallest absolute Gasteiger partial charge is 0.264 e. The molecule has 0 saturated heterocycles. The molecule has 0 N–H and O–H groups in total. The van der Waals surface area contributed by atoms with Crippen LogP contribution in [0.2, 0.25) is 0 Å². The van der Waals surface area contributed by atoms with Gasteiger partial charge in [0.15, 0.2) is 0 Å². The molecule has 0 amide bonds. The van der Waals surface area contributed by atoms with Crippen molar-refractivity contribution < 1.29 is 4.74 Å². The molecule has 0 fully saturated rings. The second kappa shape index (κ2) is 5.56. The molecule has 2 aromatic rings. The van der Waals surface area contributed by atoms with Crippen molar-refractivity contribution in [1.82, 2.24) is 4.57 Å². The molecule has 94 valence electrons. The average Bonchev–Trinajstić information content (AvgIpc) is 2.38. The van der Waals surface area contributed by atoms with Gasteiger partial charge in [-0.25, -0.2) is 0 Å². The van der Waals surface area contributed by atoms with Crippen molar-refractivity contribution >= 4 is 22.6 Å². The van der Waals surface area contributed by atoms with E-state index in [1.54, 1.807) is 11.6 Å². The van der Waals surface area contributed by atoms with E-state index in [1.165, 1.54) is 0 Å². The van der Waals surface area contributed by atoms with Crippen molar-refractivity contribution in [3.05, 3.63) is 50.3 Å². The zero-order chi connectivity index (χ0) is 13.1. The quantitative estimate of drug-likeness (QED) is 0.793.